The number of hydrogen-bond acceptors (Lipinski definition) is 2. The highest BCUT2D eigenvalue weighted by Gasteiger charge is 2.30. The molecule has 0 saturated carbocycles. The zero-order chi connectivity index (χ0) is 9.19. The molecule has 1 N–H and O–H groups in total. The van der Waals surface area contributed by atoms with Gasteiger partial charge in [-0.2, -0.15) is 0 Å². The molecule has 0 amide bonds. The van der Waals surface area contributed by atoms with E-state index in [2.05, 4.69) is 38.0 Å². The zero-order valence-electron chi connectivity index (χ0n) is 8.85. The number of nitrogens with one attached hydrogen (secondary N) is 1. The first-order valence-electron chi connectivity index (χ1n) is 4.98. The van der Waals surface area contributed by atoms with Crippen molar-refractivity contribution >= 4 is 0 Å². The summed E-state index contributed by atoms with van der Waals surface area (Å²) in [4.78, 5) is 2.43. The smallest absolute Gasteiger partial charge is 0.0303 e. The van der Waals surface area contributed by atoms with Gasteiger partial charge in [0.25, 0.3) is 0 Å². The van der Waals surface area contributed by atoms with Crippen LogP contribution in [0.15, 0.2) is 0 Å². The minimum absolute atomic E-state index is 0.311. The van der Waals surface area contributed by atoms with Gasteiger partial charge >= 0.3 is 0 Å². The van der Waals surface area contributed by atoms with E-state index in [1.54, 1.807) is 0 Å². The maximum absolute atomic E-state index is 3.65. The molecule has 0 aliphatic carbocycles. The predicted molar refractivity (Wildman–Crippen MR) is 53.4 cm³/mol. The molecule has 0 spiro atoms. The second-order valence-corrected chi connectivity index (χ2v) is 4.59. The lowest BCUT2D eigenvalue weighted by Crippen LogP contribution is -2.52. The van der Waals surface area contributed by atoms with Gasteiger partial charge in [-0.1, -0.05) is 13.8 Å². The summed E-state index contributed by atoms with van der Waals surface area (Å²) in [5, 5.41) is 3.65. The Labute approximate surface area is 76.3 Å². The molecule has 0 radical (unpaired) electrons. The second-order valence-electron chi connectivity index (χ2n) is 4.59. The molecule has 1 unspecified atom stereocenters. The second kappa shape index (κ2) is 3.75. The SMILES string of the molecule is CC(C)C1(C)CN(C)CCCN1. The number of likely N-dealkylation sites (N-methyl/N-ethyl adjacent to an activating group) is 1. The highest BCUT2D eigenvalue weighted by Crippen LogP contribution is 2.19. The van der Waals surface area contributed by atoms with E-state index in [4.69, 9.17) is 0 Å². The van der Waals surface area contributed by atoms with E-state index in [0.29, 0.717) is 11.5 Å². The number of nitrogens with zero attached hydrogens (tertiary/aromatic N) is 1. The fourth-order valence-corrected chi connectivity index (χ4v) is 1.81. The van der Waals surface area contributed by atoms with Gasteiger partial charge in [-0.3, -0.25) is 0 Å². The molecular formula is C10H22N2. The number of rotatable bonds is 1. The van der Waals surface area contributed by atoms with Crippen LogP contribution in [0.1, 0.15) is 27.2 Å². The van der Waals surface area contributed by atoms with E-state index in [1.165, 1.54) is 26.1 Å². The van der Waals surface area contributed by atoms with Crippen molar-refractivity contribution in [1.29, 1.82) is 0 Å². The van der Waals surface area contributed by atoms with Crippen LogP contribution in [0.5, 0.6) is 0 Å². The van der Waals surface area contributed by atoms with Crippen LogP contribution in [0.25, 0.3) is 0 Å². The topological polar surface area (TPSA) is 15.3 Å². The van der Waals surface area contributed by atoms with Crippen LogP contribution in [0, 0.1) is 5.92 Å². The highest BCUT2D eigenvalue weighted by atomic mass is 15.2. The van der Waals surface area contributed by atoms with Gasteiger partial charge in [0.1, 0.15) is 0 Å². The average molecular weight is 170 g/mol. The maximum Gasteiger partial charge on any atom is 0.0303 e. The Morgan fingerprint density at radius 1 is 1.42 bits per heavy atom. The van der Waals surface area contributed by atoms with Crippen molar-refractivity contribution in [3.63, 3.8) is 0 Å². The van der Waals surface area contributed by atoms with Crippen molar-refractivity contribution in [2.24, 2.45) is 5.92 Å². The normalized spacial score (nSPS) is 33.8. The van der Waals surface area contributed by atoms with Gasteiger partial charge in [0.15, 0.2) is 0 Å². The van der Waals surface area contributed by atoms with Gasteiger partial charge in [0, 0.05) is 12.1 Å². The van der Waals surface area contributed by atoms with Crippen molar-refractivity contribution in [3.8, 4) is 0 Å². The summed E-state index contributed by atoms with van der Waals surface area (Å²) < 4.78 is 0. The zero-order valence-corrected chi connectivity index (χ0v) is 8.85. The first-order valence-corrected chi connectivity index (χ1v) is 4.98. The largest absolute Gasteiger partial charge is 0.310 e. The lowest BCUT2D eigenvalue weighted by Gasteiger charge is -2.35. The van der Waals surface area contributed by atoms with Crippen molar-refractivity contribution in [2.45, 2.75) is 32.7 Å². The van der Waals surface area contributed by atoms with E-state index in [1.807, 2.05) is 0 Å². The van der Waals surface area contributed by atoms with Gasteiger partial charge in [0.05, 0.1) is 0 Å². The third kappa shape index (κ3) is 2.20. The monoisotopic (exact) mass is 170 g/mol. The fraction of sp³-hybridized carbons (Fsp3) is 1.00. The van der Waals surface area contributed by atoms with Gasteiger partial charge < -0.3 is 10.2 Å². The summed E-state index contributed by atoms with van der Waals surface area (Å²) in [6, 6.07) is 0. The molecule has 0 aromatic rings. The third-order valence-corrected chi connectivity index (χ3v) is 3.12. The summed E-state index contributed by atoms with van der Waals surface area (Å²) in [6.07, 6.45) is 1.28. The molecule has 1 aliphatic rings. The molecule has 1 atom stereocenters. The van der Waals surface area contributed by atoms with Crippen molar-refractivity contribution in [1.82, 2.24) is 10.2 Å². The van der Waals surface area contributed by atoms with E-state index in [9.17, 15) is 0 Å². The van der Waals surface area contributed by atoms with Crippen molar-refractivity contribution < 1.29 is 0 Å². The molecule has 0 aromatic carbocycles. The maximum atomic E-state index is 3.65. The van der Waals surface area contributed by atoms with Crippen LogP contribution in [-0.4, -0.2) is 37.1 Å². The summed E-state index contributed by atoms with van der Waals surface area (Å²) in [6.45, 7) is 10.5. The Hall–Kier alpha value is -0.0800. The summed E-state index contributed by atoms with van der Waals surface area (Å²) in [7, 11) is 2.22. The van der Waals surface area contributed by atoms with Crippen LogP contribution >= 0.6 is 0 Å². The van der Waals surface area contributed by atoms with Crippen LogP contribution in [0.3, 0.4) is 0 Å². The van der Waals surface area contributed by atoms with Gasteiger partial charge in [-0.25, -0.2) is 0 Å². The van der Waals surface area contributed by atoms with E-state index < -0.39 is 0 Å². The Bertz CT molecular complexity index is 145. The quantitative estimate of drug-likeness (QED) is 0.638. The molecule has 0 bridgehead atoms. The fourth-order valence-electron chi connectivity index (χ4n) is 1.81. The van der Waals surface area contributed by atoms with Crippen LogP contribution in [0.4, 0.5) is 0 Å². The minimum Gasteiger partial charge on any atom is -0.310 e. The van der Waals surface area contributed by atoms with Gasteiger partial charge in [0.2, 0.25) is 0 Å². The van der Waals surface area contributed by atoms with Gasteiger partial charge in [-0.05, 0) is 39.4 Å². The Balaban J connectivity index is 2.61. The summed E-state index contributed by atoms with van der Waals surface area (Å²) in [5.41, 5.74) is 0.311. The molecule has 1 aliphatic heterocycles. The first-order chi connectivity index (χ1) is 5.54. The number of hydrogen-bond donors (Lipinski definition) is 1. The Kier molecular flexibility index (Phi) is 3.13. The first kappa shape index (κ1) is 10.0. The van der Waals surface area contributed by atoms with Crippen LogP contribution in [-0.2, 0) is 0 Å². The molecule has 1 heterocycles. The van der Waals surface area contributed by atoms with Crippen LogP contribution in [0.2, 0.25) is 0 Å². The summed E-state index contributed by atoms with van der Waals surface area (Å²) in [5.74, 6) is 0.707. The molecule has 12 heavy (non-hydrogen) atoms. The van der Waals surface area contributed by atoms with E-state index in [-0.39, 0.29) is 0 Å². The Morgan fingerprint density at radius 3 is 2.67 bits per heavy atom. The summed E-state index contributed by atoms with van der Waals surface area (Å²) >= 11 is 0. The van der Waals surface area contributed by atoms with E-state index in [0.717, 1.165) is 0 Å². The standard InChI is InChI=1S/C10H22N2/c1-9(2)10(3)8-12(4)7-5-6-11-10/h9,11H,5-8H2,1-4H3. The lowest BCUT2D eigenvalue weighted by molar-refractivity contribution is 0.202. The molecule has 1 fully saturated rings. The van der Waals surface area contributed by atoms with E-state index >= 15 is 0 Å². The van der Waals surface area contributed by atoms with Crippen molar-refractivity contribution in [2.75, 3.05) is 26.7 Å². The highest BCUT2D eigenvalue weighted by molar-refractivity contribution is 4.90. The molecule has 0 aromatic heterocycles. The molecular weight excluding hydrogens is 148 g/mol. The van der Waals surface area contributed by atoms with Crippen LogP contribution < -0.4 is 5.32 Å². The van der Waals surface area contributed by atoms with Crippen molar-refractivity contribution in [3.05, 3.63) is 0 Å². The molecule has 2 heteroatoms. The van der Waals surface area contributed by atoms with Gasteiger partial charge in [-0.15, -0.1) is 0 Å². The molecule has 1 rings (SSSR count). The molecule has 1 saturated heterocycles. The predicted octanol–water partition coefficient (Wildman–Crippen LogP) is 1.33. The minimum atomic E-state index is 0.311. The average Bonchev–Trinajstić information content (AvgIpc) is 2.12. The molecule has 72 valence electrons. The lowest BCUT2D eigenvalue weighted by atomic mass is 9.88. The Morgan fingerprint density at radius 2 is 2.08 bits per heavy atom. The third-order valence-electron chi connectivity index (χ3n) is 3.12. The molecule has 2 nitrogen and oxygen atoms in total.